The topological polar surface area (TPSA) is 298 Å². The molecular weight excluding hydrogens is 1180 g/mol. The van der Waals surface area contributed by atoms with Gasteiger partial charge in [-0.2, -0.15) is 0 Å². The number of imide groups is 1. The van der Waals surface area contributed by atoms with Gasteiger partial charge in [-0.25, -0.2) is 4.79 Å². The van der Waals surface area contributed by atoms with E-state index in [1.165, 1.54) is 4.90 Å². The molecule has 3 aliphatic rings. The van der Waals surface area contributed by atoms with Crippen molar-refractivity contribution < 1.29 is 62.0 Å². The molecule has 8 N–H and O–H groups in total. The van der Waals surface area contributed by atoms with Gasteiger partial charge >= 0.3 is 6.03 Å². The lowest BCUT2D eigenvalue weighted by atomic mass is 9.88. The number of carbonyl (C=O) groups is 11. The fraction of sp³-hybridized carbons (Fsp3) is 0.597. The van der Waals surface area contributed by atoms with Crippen molar-refractivity contribution in [1.29, 1.82) is 0 Å². The summed E-state index contributed by atoms with van der Waals surface area (Å²) >= 11 is 0. The van der Waals surface area contributed by atoms with Gasteiger partial charge in [0.15, 0.2) is 23.9 Å². The lowest BCUT2D eigenvalue weighted by Crippen LogP contribution is -2.59. The monoisotopic (exact) mass is 1290 g/mol. The van der Waals surface area contributed by atoms with Gasteiger partial charge in [0, 0.05) is 79.6 Å². The van der Waals surface area contributed by atoms with Gasteiger partial charge in [0.1, 0.15) is 25.7 Å². The largest absolute Gasteiger partial charge is 0.370 e. The molecule has 6 rings (SSSR count). The summed E-state index contributed by atoms with van der Waals surface area (Å²) < 4.78 is 6.13. The van der Waals surface area contributed by atoms with E-state index in [0.29, 0.717) is 94.5 Å². The SMILES string of the molecule is CC(C)C[C@H](CC(=O)[C@H](CCc1ccccc1)NC(=O)C[N+]1(Cc2ccc(NC(=O)[C@H](CCCNC(N)=O)CC(=O)[C@@H](NC(=O)CCCCCN3C(=O)CC(C)C3=O)C(C)C)cc2)CCOCC1)C(=O)N[C@@H](Cc1ccccc1)C(=O)N[C@@H](CC(C)C)C(=O)C1(C)CC1. The Labute approximate surface area is 549 Å². The van der Waals surface area contributed by atoms with Crippen LogP contribution in [-0.2, 0) is 72.1 Å². The highest BCUT2D eigenvalue weighted by atomic mass is 16.5. The zero-order valence-corrected chi connectivity index (χ0v) is 56.2. The molecule has 1 unspecified atom stereocenters. The first-order chi connectivity index (χ1) is 44.2. The molecule has 21 nitrogen and oxygen atoms in total. The van der Waals surface area contributed by atoms with Crippen LogP contribution < -0.4 is 37.6 Å². The van der Waals surface area contributed by atoms with E-state index in [1.807, 2.05) is 121 Å². The number of quaternary nitrogens is 1. The quantitative estimate of drug-likeness (QED) is 0.0166. The Kier molecular flexibility index (Phi) is 28.9. The number of primary amides is 1. The number of aryl methyl sites for hydroxylation is 1. The van der Waals surface area contributed by atoms with Crippen LogP contribution in [0.5, 0.6) is 0 Å². The van der Waals surface area contributed by atoms with Crippen LogP contribution in [0, 0.1) is 40.9 Å². The molecule has 3 aromatic carbocycles. The number of hydrogen-bond acceptors (Lipinski definition) is 12. The van der Waals surface area contributed by atoms with E-state index in [4.69, 9.17) is 10.5 Å². The smallest absolute Gasteiger partial charge is 0.312 e. The summed E-state index contributed by atoms with van der Waals surface area (Å²) in [5, 5.41) is 17.5. The fourth-order valence-corrected chi connectivity index (χ4v) is 12.6. The molecular formula is C72H104N9O12+. The van der Waals surface area contributed by atoms with E-state index in [9.17, 15) is 52.7 Å². The molecule has 9 amide bonds. The van der Waals surface area contributed by atoms with E-state index >= 15 is 0 Å². The van der Waals surface area contributed by atoms with Gasteiger partial charge in [-0.05, 0) is 105 Å². The van der Waals surface area contributed by atoms with E-state index in [1.54, 1.807) is 19.1 Å². The highest BCUT2D eigenvalue weighted by Crippen LogP contribution is 2.47. The number of anilines is 1. The summed E-state index contributed by atoms with van der Waals surface area (Å²) in [4.78, 5) is 151. The third-order valence-electron chi connectivity index (χ3n) is 18.3. The van der Waals surface area contributed by atoms with E-state index < -0.39 is 65.2 Å². The van der Waals surface area contributed by atoms with E-state index in [0.717, 1.165) is 29.5 Å². The number of hydrogen-bond donors (Lipinski definition) is 7. The number of nitrogens with zero attached hydrogens (tertiary/aromatic N) is 2. The first-order valence-electron chi connectivity index (χ1n) is 33.8. The Hall–Kier alpha value is -7.65. The molecule has 0 spiro atoms. The predicted octanol–water partition coefficient (Wildman–Crippen LogP) is 7.46. The number of amides is 9. The summed E-state index contributed by atoms with van der Waals surface area (Å²) in [7, 11) is 0. The number of ketones is 3. The number of nitrogens with one attached hydrogen (secondary N) is 6. The summed E-state index contributed by atoms with van der Waals surface area (Å²) in [6, 6.07) is 22.0. The zero-order chi connectivity index (χ0) is 67.8. The van der Waals surface area contributed by atoms with E-state index in [-0.39, 0.29) is 123 Å². The Morgan fingerprint density at radius 3 is 1.86 bits per heavy atom. The maximum atomic E-state index is 14.8. The molecule has 21 heteroatoms. The summed E-state index contributed by atoms with van der Waals surface area (Å²) in [6.45, 7) is 17.9. The molecule has 1 saturated carbocycles. The molecule has 2 saturated heterocycles. The number of carbonyl (C=O) groups excluding carboxylic acids is 11. The number of unbranched alkanes of at least 4 members (excludes halogenated alkanes) is 2. The van der Waals surface area contributed by atoms with Crippen molar-refractivity contribution in [1.82, 2.24) is 31.5 Å². The number of benzene rings is 3. The Bertz CT molecular complexity index is 3020. The molecule has 508 valence electrons. The highest BCUT2D eigenvalue weighted by Gasteiger charge is 2.48. The van der Waals surface area contributed by atoms with Gasteiger partial charge in [0.2, 0.25) is 35.4 Å². The van der Waals surface area contributed by atoms with Crippen molar-refractivity contribution in [2.24, 2.45) is 46.7 Å². The van der Waals surface area contributed by atoms with Gasteiger partial charge in [0.25, 0.3) is 5.91 Å². The van der Waals surface area contributed by atoms with Gasteiger partial charge in [-0.3, -0.25) is 52.8 Å². The molecule has 93 heavy (non-hydrogen) atoms. The Morgan fingerprint density at radius 2 is 1.27 bits per heavy atom. The molecule has 0 radical (unpaired) electrons. The Balaban J connectivity index is 1.11. The van der Waals surface area contributed by atoms with Crippen molar-refractivity contribution >= 4 is 70.4 Å². The number of nitrogens with two attached hydrogens (primary N) is 1. The number of ether oxygens (including phenoxy) is 1. The average Bonchev–Trinajstić information content (AvgIpc) is 1.73. The minimum atomic E-state index is -1.04. The maximum Gasteiger partial charge on any atom is 0.312 e. The standard InChI is InChI=1S/C72H103N9O12/c1-47(2)39-55(68(89)78-59(42-52-21-14-10-15-22-52)69(90)77-58(40-48(3)4)66(87)72(8)31-32-72)44-60(82)57(30-27-51-19-12-9-13-20-51)76-63(85)46-81(35-37-93-38-36-81)45-53-25-28-56(29-26-53)75-67(88)54(23-18-33-74-71(73)92)43-61(83)65(49(5)6)79-62(84)24-16-11-17-34-80-64(86)41-50(7)70(80)91/h9-10,12-15,19-22,25-26,28-29,47-50,54-55,57-59,65H,11,16-18,23-24,27,30-46H2,1-8H3,(H7-,73,74,75,76,77,78,79,84,85,88,89,90,92)/p+1/t50?,54-,55-,57+,58+,59+,65+/m1/s1. The third kappa shape index (κ3) is 24.3. The summed E-state index contributed by atoms with van der Waals surface area (Å²) in [5.74, 6) is -5.16. The minimum Gasteiger partial charge on any atom is -0.370 e. The molecule has 0 bridgehead atoms. The molecule has 2 aliphatic heterocycles. The van der Waals surface area contributed by atoms with Crippen molar-refractivity contribution in [3.63, 3.8) is 0 Å². The molecule has 0 aromatic heterocycles. The van der Waals surface area contributed by atoms with Crippen LogP contribution in [0.2, 0.25) is 0 Å². The molecule has 7 atom stereocenters. The fourth-order valence-electron chi connectivity index (χ4n) is 12.6. The normalized spacial score (nSPS) is 17.8. The molecule has 1 aliphatic carbocycles. The van der Waals surface area contributed by atoms with Crippen molar-refractivity contribution in [3.8, 4) is 0 Å². The molecule has 2 heterocycles. The molecule has 3 aromatic rings. The van der Waals surface area contributed by atoms with Crippen LogP contribution in [0.15, 0.2) is 84.9 Å². The first-order valence-corrected chi connectivity index (χ1v) is 33.8. The van der Waals surface area contributed by atoms with E-state index in [2.05, 4.69) is 31.9 Å². The van der Waals surface area contributed by atoms with Gasteiger partial charge in [-0.1, -0.05) is 135 Å². The second-order valence-electron chi connectivity index (χ2n) is 27.8. The van der Waals surface area contributed by atoms with Gasteiger partial charge < -0.3 is 46.9 Å². The number of likely N-dealkylation sites (tertiary alicyclic amines) is 1. The summed E-state index contributed by atoms with van der Waals surface area (Å²) in [5.41, 5.74) is 7.95. The summed E-state index contributed by atoms with van der Waals surface area (Å²) in [6.07, 6.45) is 5.44. The van der Waals surface area contributed by atoms with Crippen molar-refractivity contribution in [2.45, 2.75) is 189 Å². The van der Waals surface area contributed by atoms with Crippen molar-refractivity contribution in [3.05, 3.63) is 102 Å². The van der Waals surface area contributed by atoms with Crippen LogP contribution in [0.1, 0.15) is 162 Å². The lowest BCUT2D eigenvalue weighted by molar-refractivity contribution is -0.940. The third-order valence-corrected chi connectivity index (χ3v) is 18.3. The van der Waals surface area contributed by atoms with Crippen LogP contribution in [0.4, 0.5) is 10.5 Å². The second kappa shape index (κ2) is 36.1. The lowest BCUT2D eigenvalue weighted by Gasteiger charge is -2.41. The molecule has 3 fully saturated rings. The number of morpholine rings is 1. The van der Waals surface area contributed by atoms with Crippen LogP contribution >= 0.6 is 0 Å². The number of rotatable bonds is 40. The predicted molar refractivity (Wildman–Crippen MR) is 355 cm³/mol. The first kappa shape index (κ1) is 74.4. The Morgan fingerprint density at radius 1 is 0.645 bits per heavy atom. The van der Waals surface area contributed by atoms with Crippen molar-refractivity contribution in [2.75, 3.05) is 51.3 Å². The highest BCUT2D eigenvalue weighted by molar-refractivity contribution is 6.03. The van der Waals surface area contributed by atoms with Gasteiger partial charge in [0.05, 0.1) is 31.3 Å². The number of Topliss-reactive ketones (excluding diaryl/α,β-unsaturated/α-hetero) is 3. The van der Waals surface area contributed by atoms with Crippen LogP contribution in [-0.4, -0.2) is 144 Å². The minimum absolute atomic E-state index is 0.00281. The average molecular weight is 1290 g/mol. The van der Waals surface area contributed by atoms with Crippen LogP contribution in [0.3, 0.4) is 0 Å². The second-order valence-corrected chi connectivity index (χ2v) is 27.8. The number of urea groups is 1. The maximum absolute atomic E-state index is 14.8. The zero-order valence-electron chi connectivity index (χ0n) is 56.2. The van der Waals surface area contributed by atoms with Gasteiger partial charge in [-0.15, -0.1) is 0 Å². The van der Waals surface area contributed by atoms with Crippen LogP contribution in [0.25, 0.3) is 0 Å².